The van der Waals surface area contributed by atoms with Gasteiger partial charge in [-0.3, -0.25) is 0 Å². The molecule has 0 spiro atoms. The van der Waals surface area contributed by atoms with E-state index in [0.29, 0.717) is 17.2 Å². The van der Waals surface area contributed by atoms with Crippen molar-refractivity contribution >= 4 is 17.7 Å². The third kappa shape index (κ3) is 4.21. The quantitative estimate of drug-likeness (QED) is 0.572. The van der Waals surface area contributed by atoms with E-state index in [9.17, 15) is 4.79 Å². The minimum absolute atomic E-state index is 0.0628. The number of benzene rings is 2. The third-order valence-corrected chi connectivity index (χ3v) is 4.42. The SMILES string of the molecule is COc1cc(C(C)C)c(Oc2cnc(N)nc2N)cc1-c1ccc(C(=O)O)cc1. The predicted octanol–water partition coefficient (Wildman–Crippen LogP) is 3.93. The lowest BCUT2D eigenvalue weighted by atomic mass is 9.96. The maximum atomic E-state index is 11.1. The average molecular weight is 394 g/mol. The molecule has 0 radical (unpaired) electrons. The van der Waals surface area contributed by atoms with E-state index in [4.69, 9.17) is 26.0 Å². The zero-order valence-electron chi connectivity index (χ0n) is 16.3. The van der Waals surface area contributed by atoms with Gasteiger partial charge < -0.3 is 26.0 Å². The van der Waals surface area contributed by atoms with Crippen LogP contribution in [0.3, 0.4) is 0 Å². The fourth-order valence-corrected chi connectivity index (χ4v) is 2.90. The van der Waals surface area contributed by atoms with Gasteiger partial charge in [0.2, 0.25) is 5.95 Å². The number of carboxylic acid groups (broad SMARTS) is 1. The Bertz CT molecular complexity index is 1050. The normalized spacial score (nSPS) is 10.8. The van der Waals surface area contributed by atoms with Gasteiger partial charge in [-0.25, -0.2) is 9.78 Å². The molecule has 0 aliphatic carbocycles. The molecule has 8 nitrogen and oxygen atoms in total. The summed E-state index contributed by atoms with van der Waals surface area (Å²) in [6, 6.07) is 10.3. The largest absolute Gasteiger partial charge is 0.496 e. The van der Waals surface area contributed by atoms with E-state index < -0.39 is 5.97 Å². The third-order valence-electron chi connectivity index (χ3n) is 4.42. The fourth-order valence-electron chi connectivity index (χ4n) is 2.90. The van der Waals surface area contributed by atoms with Gasteiger partial charge in [0.15, 0.2) is 11.6 Å². The molecule has 150 valence electrons. The van der Waals surface area contributed by atoms with E-state index in [1.165, 1.54) is 6.20 Å². The number of hydrogen-bond acceptors (Lipinski definition) is 7. The van der Waals surface area contributed by atoms with Crippen molar-refractivity contribution in [3.05, 3.63) is 53.7 Å². The van der Waals surface area contributed by atoms with Gasteiger partial charge in [0.05, 0.1) is 18.9 Å². The number of carboxylic acids is 1. The number of ether oxygens (including phenoxy) is 2. The number of nitrogen functional groups attached to an aromatic ring is 2. The molecule has 3 rings (SSSR count). The van der Waals surface area contributed by atoms with Crippen molar-refractivity contribution in [3.8, 4) is 28.4 Å². The van der Waals surface area contributed by atoms with Crippen LogP contribution >= 0.6 is 0 Å². The molecule has 0 unspecified atom stereocenters. The van der Waals surface area contributed by atoms with Crippen LogP contribution in [0.2, 0.25) is 0 Å². The summed E-state index contributed by atoms with van der Waals surface area (Å²) in [5.41, 5.74) is 14.1. The Morgan fingerprint density at radius 2 is 1.76 bits per heavy atom. The van der Waals surface area contributed by atoms with Crippen LogP contribution in [-0.2, 0) is 0 Å². The molecule has 0 atom stereocenters. The van der Waals surface area contributed by atoms with Crippen molar-refractivity contribution in [1.29, 1.82) is 0 Å². The van der Waals surface area contributed by atoms with Gasteiger partial charge in [0.1, 0.15) is 11.5 Å². The van der Waals surface area contributed by atoms with E-state index in [1.807, 2.05) is 26.0 Å². The highest BCUT2D eigenvalue weighted by Crippen LogP contribution is 2.41. The van der Waals surface area contributed by atoms with Gasteiger partial charge in [-0.1, -0.05) is 26.0 Å². The molecule has 0 aliphatic rings. The standard InChI is InChI=1S/C21H22N4O4/c1-11(2)14-8-16(28-3)15(12-4-6-13(7-5-12)20(26)27)9-17(14)29-18-10-24-21(23)25-19(18)22/h4-11H,1-3H3,(H,26,27)(H4,22,23,24,25). The molecule has 5 N–H and O–H groups in total. The van der Waals surface area contributed by atoms with Crippen molar-refractivity contribution in [2.75, 3.05) is 18.6 Å². The molecule has 2 aromatic carbocycles. The van der Waals surface area contributed by atoms with Gasteiger partial charge in [-0.15, -0.1) is 0 Å². The summed E-state index contributed by atoms with van der Waals surface area (Å²) >= 11 is 0. The molecule has 0 saturated heterocycles. The van der Waals surface area contributed by atoms with Gasteiger partial charge >= 0.3 is 5.97 Å². The molecule has 0 fully saturated rings. The Kier molecular flexibility index (Phi) is 5.54. The number of nitrogens with two attached hydrogens (primary N) is 2. The minimum Gasteiger partial charge on any atom is -0.496 e. The number of carbonyl (C=O) groups is 1. The molecule has 1 aromatic heterocycles. The number of hydrogen-bond donors (Lipinski definition) is 3. The first-order valence-electron chi connectivity index (χ1n) is 8.91. The van der Waals surface area contributed by atoms with E-state index >= 15 is 0 Å². The molecule has 29 heavy (non-hydrogen) atoms. The molecular weight excluding hydrogens is 372 g/mol. The first kappa shape index (κ1) is 19.9. The van der Waals surface area contributed by atoms with E-state index in [-0.39, 0.29) is 23.2 Å². The second kappa shape index (κ2) is 8.05. The van der Waals surface area contributed by atoms with Crippen molar-refractivity contribution in [2.45, 2.75) is 19.8 Å². The van der Waals surface area contributed by atoms with Crippen molar-refractivity contribution in [3.63, 3.8) is 0 Å². The number of aromatic nitrogens is 2. The molecular formula is C21H22N4O4. The Balaban J connectivity index is 2.11. The summed E-state index contributed by atoms with van der Waals surface area (Å²) in [6.45, 7) is 4.07. The Morgan fingerprint density at radius 3 is 2.31 bits per heavy atom. The number of nitrogens with zero attached hydrogens (tertiary/aromatic N) is 2. The summed E-state index contributed by atoms with van der Waals surface area (Å²) in [4.78, 5) is 19.0. The molecule has 3 aromatic rings. The zero-order valence-corrected chi connectivity index (χ0v) is 16.3. The van der Waals surface area contributed by atoms with Gasteiger partial charge in [0, 0.05) is 11.1 Å². The zero-order chi connectivity index (χ0) is 21.1. The number of methoxy groups -OCH3 is 1. The number of anilines is 2. The van der Waals surface area contributed by atoms with E-state index in [2.05, 4.69) is 9.97 Å². The second-order valence-electron chi connectivity index (χ2n) is 6.71. The Morgan fingerprint density at radius 1 is 1.07 bits per heavy atom. The van der Waals surface area contributed by atoms with Crippen molar-refractivity contribution < 1.29 is 19.4 Å². The van der Waals surface area contributed by atoms with Crippen LogP contribution in [-0.4, -0.2) is 28.2 Å². The summed E-state index contributed by atoms with van der Waals surface area (Å²) < 4.78 is 11.6. The fraction of sp³-hybridized carbons (Fsp3) is 0.190. The Labute approximate surface area is 168 Å². The summed E-state index contributed by atoms with van der Waals surface area (Å²) in [6.07, 6.45) is 1.42. The van der Waals surface area contributed by atoms with Crippen LogP contribution in [0.5, 0.6) is 17.2 Å². The Hall–Kier alpha value is -3.81. The maximum absolute atomic E-state index is 11.1. The van der Waals surface area contributed by atoms with Crippen LogP contribution < -0.4 is 20.9 Å². The molecule has 0 saturated carbocycles. The second-order valence-corrected chi connectivity index (χ2v) is 6.71. The van der Waals surface area contributed by atoms with Crippen LogP contribution in [0.4, 0.5) is 11.8 Å². The van der Waals surface area contributed by atoms with Gasteiger partial charge in [-0.05, 0) is 35.7 Å². The van der Waals surface area contributed by atoms with E-state index in [1.54, 1.807) is 31.4 Å². The number of aromatic carboxylic acids is 1. The summed E-state index contributed by atoms with van der Waals surface area (Å²) in [7, 11) is 1.58. The van der Waals surface area contributed by atoms with Gasteiger partial charge in [0.25, 0.3) is 0 Å². The van der Waals surface area contributed by atoms with Crippen LogP contribution in [0.25, 0.3) is 11.1 Å². The molecule has 8 heteroatoms. The molecule has 0 bridgehead atoms. The monoisotopic (exact) mass is 394 g/mol. The van der Waals surface area contributed by atoms with Crippen LogP contribution in [0.1, 0.15) is 35.7 Å². The lowest BCUT2D eigenvalue weighted by molar-refractivity contribution is 0.0697. The topological polar surface area (TPSA) is 134 Å². The van der Waals surface area contributed by atoms with Crippen LogP contribution in [0.15, 0.2) is 42.6 Å². The highest BCUT2D eigenvalue weighted by Gasteiger charge is 2.18. The molecule has 1 heterocycles. The van der Waals surface area contributed by atoms with Crippen molar-refractivity contribution in [2.24, 2.45) is 0 Å². The average Bonchev–Trinajstić information content (AvgIpc) is 2.69. The highest BCUT2D eigenvalue weighted by molar-refractivity contribution is 5.88. The van der Waals surface area contributed by atoms with Crippen LogP contribution in [0, 0.1) is 0 Å². The predicted molar refractivity (Wildman–Crippen MR) is 110 cm³/mol. The summed E-state index contributed by atoms with van der Waals surface area (Å²) in [5, 5.41) is 9.12. The van der Waals surface area contributed by atoms with Crippen molar-refractivity contribution in [1.82, 2.24) is 9.97 Å². The van der Waals surface area contributed by atoms with E-state index in [0.717, 1.165) is 16.7 Å². The highest BCUT2D eigenvalue weighted by atomic mass is 16.5. The maximum Gasteiger partial charge on any atom is 0.335 e. The van der Waals surface area contributed by atoms with Gasteiger partial charge in [-0.2, -0.15) is 4.98 Å². The lowest BCUT2D eigenvalue weighted by Crippen LogP contribution is -2.03. The first-order chi connectivity index (χ1) is 13.8. The number of rotatable bonds is 6. The molecule has 0 aliphatic heterocycles. The summed E-state index contributed by atoms with van der Waals surface area (Å²) in [5.74, 6) is 0.852. The minimum atomic E-state index is -0.985. The molecule has 0 amide bonds. The lowest BCUT2D eigenvalue weighted by Gasteiger charge is -2.19. The smallest absolute Gasteiger partial charge is 0.335 e. The first-order valence-corrected chi connectivity index (χ1v) is 8.91.